The average molecular weight is 251 g/mol. The Hall–Kier alpha value is -1.42. The van der Waals surface area contributed by atoms with Crippen LogP contribution in [0.1, 0.15) is 5.56 Å². The molecular weight excluding hydrogens is 244 g/mol. The summed E-state index contributed by atoms with van der Waals surface area (Å²) in [5.74, 6) is 0. The number of nitrogens with zero attached hydrogens (tertiary/aromatic N) is 2. The number of halogens is 1. The summed E-state index contributed by atoms with van der Waals surface area (Å²) in [5.41, 5.74) is 1.62. The molecule has 0 aliphatic carbocycles. The van der Waals surface area contributed by atoms with E-state index in [0.717, 1.165) is 20.9 Å². The van der Waals surface area contributed by atoms with Gasteiger partial charge in [-0.1, -0.05) is 27.2 Å². The third kappa shape index (κ3) is 1.48. The van der Waals surface area contributed by atoms with Gasteiger partial charge in [-0.05, 0) is 18.2 Å². The fraction of sp³-hybridized carbons (Fsp3) is 0. The van der Waals surface area contributed by atoms with E-state index in [4.69, 9.17) is 5.21 Å². The number of aromatic nitrogens is 1. The first-order valence-corrected chi connectivity index (χ1v) is 4.83. The van der Waals surface area contributed by atoms with Crippen molar-refractivity contribution in [1.82, 2.24) is 4.98 Å². The Balaban J connectivity index is 2.81. The van der Waals surface area contributed by atoms with Crippen molar-refractivity contribution in [2.45, 2.75) is 0 Å². The van der Waals surface area contributed by atoms with Crippen LogP contribution in [0.3, 0.4) is 0 Å². The Kier molecular flexibility index (Phi) is 2.45. The normalized spacial score (nSPS) is 11.2. The number of oxime groups is 1. The molecule has 0 amide bonds. The lowest BCUT2D eigenvalue weighted by Crippen LogP contribution is -1.87. The summed E-state index contributed by atoms with van der Waals surface area (Å²) in [6.07, 6.45) is 3.09. The molecule has 0 saturated carbocycles. The molecule has 4 heteroatoms. The Morgan fingerprint density at radius 3 is 3.00 bits per heavy atom. The van der Waals surface area contributed by atoms with E-state index in [9.17, 15) is 0 Å². The van der Waals surface area contributed by atoms with Crippen molar-refractivity contribution in [2.24, 2.45) is 5.16 Å². The fourth-order valence-electron chi connectivity index (χ4n) is 1.33. The molecule has 0 radical (unpaired) electrons. The molecule has 0 aliphatic heterocycles. The van der Waals surface area contributed by atoms with Crippen LogP contribution in [0.15, 0.2) is 40.1 Å². The molecule has 0 spiro atoms. The molecule has 0 atom stereocenters. The summed E-state index contributed by atoms with van der Waals surface area (Å²) in [4.78, 5) is 4.23. The zero-order valence-corrected chi connectivity index (χ0v) is 8.77. The second-order valence-corrected chi connectivity index (χ2v) is 3.64. The Morgan fingerprint density at radius 2 is 2.21 bits per heavy atom. The lowest BCUT2D eigenvalue weighted by Gasteiger charge is -2.01. The van der Waals surface area contributed by atoms with Crippen LogP contribution in [0.2, 0.25) is 0 Å². The van der Waals surface area contributed by atoms with E-state index in [-0.39, 0.29) is 0 Å². The topological polar surface area (TPSA) is 45.5 Å². The van der Waals surface area contributed by atoms with Crippen LogP contribution in [0.4, 0.5) is 0 Å². The minimum Gasteiger partial charge on any atom is -0.411 e. The van der Waals surface area contributed by atoms with Gasteiger partial charge in [-0.15, -0.1) is 0 Å². The molecular formula is C10H7BrN2O. The number of pyridine rings is 1. The van der Waals surface area contributed by atoms with Crippen LogP contribution in [0.25, 0.3) is 10.9 Å². The predicted molar refractivity (Wildman–Crippen MR) is 58.8 cm³/mol. The number of fused-ring (bicyclic) bond motifs is 1. The lowest BCUT2D eigenvalue weighted by molar-refractivity contribution is 0.322. The number of hydrogen-bond donors (Lipinski definition) is 1. The SMILES string of the molecule is ON=Cc1ccc(Br)c2cccnc12. The highest BCUT2D eigenvalue weighted by Gasteiger charge is 2.02. The van der Waals surface area contributed by atoms with Gasteiger partial charge >= 0.3 is 0 Å². The summed E-state index contributed by atoms with van der Waals surface area (Å²) >= 11 is 3.44. The molecule has 0 bridgehead atoms. The highest BCUT2D eigenvalue weighted by Crippen LogP contribution is 2.24. The number of hydrogen-bond acceptors (Lipinski definition) is 3. The highest BCUT2D eigenvalue weighted by atomic mass is 79.9. The largest absolute Gasteiger partial charge is 0.411 e. The van der Waals surface area contributed by atoms with Crippen molar-refractivity contribution in [3.8, 4) is 0 Å². The third-order valence-corrected chi connectivity index (χ3v) is 2.64. The van der Waals surface area contributed by atoms with Gasteiger partial charge in [0.15, 0.2) is 0 Å². The van der Waals surface area contributed by atoms with Crippen LogP contribution in [0.5, 0.6) is 0 Å². The molecule has 1 N–H and O–H groups in total. The maximum Gasteiger partial charge on any atom is 0.0802 e. The summed E-state index contributed by atoms with van der Waals surface area (Å²) < 4.78 is 0.982. The van der Waals surface area contributed by atoms with E-state index in [1.54, 1.807) is 6.20 Å². The zero-order valence-electron chi connectivity index (χ0n) is 7.18. The summed E-state index contributed by atoms with van der Waals surface area (Å²) in [6.45, 7) is 0. The molecule has 3 nitrogen and oxygen atoms in total. The molecule has 1 heterocycles. The van der Waals surface area contributed by atoms with Gasteiger partial charge in [0.25, 0.3) is 0 Å². The van der Waals surface area contributed by atoms with Crippen molar-refractivity contribution < 1.29 is 5.21 Å². The van der Waals surface area contributed by atoms with E-state index >= 15 is 0 Å². The molecule has 0 aliphatic rings. The lowest BCUT2D eigenvalue weighted by atomic mass is 10.1. The molecule has 0 fully saturated rings. The second kappa shape index (κ2) is 3.75. The maximum atomic E-state index is 8.48. The van der Waals surface area contributed by atoms with Crippen molar-refractivity contribution in [3.63, 3.8) is 0 Å². The molecule has 1 aromatic carbocycles. The van der Waals surface area contributed by atoms with Gasteiger partial charge in [-0.3, -0.25) is 4.98 Å². The van der Waals surface area contributed by atoms with Gasteiger partial charge in [-0.2, -0.15) is 0 Å². The second-order valence-electron chi connectivity index (χ2n) is 2.78. The molecule has 0 saturated heterocycles. The fourth-order valence-corrected chi connectivity index (χ4v) is 1.78. The Morgan fingerprint density at radius 1 is 1.36 bits per heavy atom. The minimum absolute atomic E-state index is 0.798. The summed E-state index contributed by atoms with van der Waals surface area (Å²) in [6, 6.07) is 7.58. The summed E-state index contributed by atoms with van der Waals surface area (Å²) in [7, 11) is 0. The van der Waals surface area contributed by atoms with Crippen molar-refractivity contribution in [1.29, 1.82) is 0 Å². The average Bonchev–Trinajstić information content (AvgIpc) is 2.23. The van der Waals surface area contributed by atoms with E-state index < -0.39 is 0 Å². The summed E-state index contributed by atoms with van der Waals surface area (Å²) in [5, 5.41) is 12.5. The molecule has 2 aromatic rings. The van der Waals surface area contributed by atoms with Gasteiger partial charge in [0, 0.05) is 21.6 Å². The van der Waals surface area contributed by atoms with Crippen molar-refractivity contribution in [2.75, 3.05) is 0 Å². The van der Waals surface area contributed by atoms with Gasteiger partial charge in [0.05, 0.1) is 11.7 Å². The van der Waals surface area contributed by atoms with Gasteiger partial charge in [0.1, 0.15) is 0 Å². The minimum atomic E-state index is 0.798. The first-order chi connectivity index (χ1) is 6.83. The van der Waals surface area contributed by atoms with Crippen LogP contribution in [-0.2, 0) is 0 Å². The van der Waals surface area contributed by atoms with E-state index in [1.165, 1.54) is 6.21 Å². The molecule has 14 heavy (non-hydrogen) atoms. The van der Waals surface area contributed by atoms with Gasteiger partial charge in [0.2, 0.25) is 0 Å². The first-order valence-electron chi connectivity index (χ1n) is 4.03. The third-order valence-electron chi connectivity index (χ3n) is 1.94. The smallest absolute Gasteiger partial charge is 0.0802 e. The highest BCUT2D eigenvalue weighted by molar-refractivity contribution is 9.10. The quantitative estimate of drug-likeness (QED) is 0.481. The Labute approximate surface area is 89.2 Å². The number of benzene rings is 1. The van der Waals surface area contributed by atoms with E-state index in [1.807, 2.05) is 24.3 Å². The van der Waals surface area contributed by atoms with Crippen LogP contribution < -0.4 is 0 Å². The zero-order chi connectivity index (χ0) is 9.97. The molecule has 1 aromatic heterocycles. The van der Waals surface area contributed by atoms with Crippen LogP contribution in [-0.4, -0.2) is 16.4 Å². The first kappa shape index (κ1) is 9.15. The Bertz CT molecular complexity index is 496. The van der Waals surface area contributed by atoms with E-state index in [2.05, 4.69) is 26.1 Å². The maximum absolute atomic E-state index is 8.48. The molecule has 70 valence electrons. The van der Waals surface area contributed by atoms with E-state index in [0.29, 0.717) is 0 Å². The van der Waals surface area contributed by atoms with Crippen LogP contribution >= 0.6 is 15.9 Å². The number of rotatable bonds is 1. The predicted octanol–water partition coefficient (Wildman–Crippen LogP) is 2.81. The standard InChI is InChI=1S/C10H7BrN2O/c11-9-4-3-7(6-13-14)10-8(9)2-1-5-12-10/h1-6,14H. The van der Waals surface area contributed by atoms with Crippen LogP contribution in [0, 0.1) is 0 Å². The molecule has 2 rings (SSSR count). The van der Waals surface area contributed by atoms with Gasteiger partial charge < -0.3 is 5.21 Å². The van der Waals surface area contributed by atoms with Crippen molar-refractivity contribution in [3.05, 3.63) is 40.5 Å². The monoisotopic (exact) mass is 250 g/mol. The molecule has 0 unspecified atom stereocenters. The van der Waals surface area contributed by atoms with Crippen molar-refractivity contribution >= 4 is 33.0 Å². The van der Waals surface area contributed by atoms with Gasteiger partial charge in [-0.25, -0.2) is 0 Å².